The summed E-state index contributed by atoms with van der Waals surface area (Å²) in [5.74, 6) is -0.585. The second-order valence-electron chi connectivity index (χ2n) is 4.17. The fourth-order valence-corrected chi connectivity index (χ4v) is 2.11. The topological polar surface area (TPSA) is 29.9 Å². The van der Waals surface area contributed by atoms with Crippen LogP contribution in [0.25, 0.3) is 0 Å². The standard InChI is InChI=1S/C13H14ClF2N3/c1-3-17-12(13-18-4-5-19(13)2)8-6-11(16)9(14)7-10(8)15/h4-7,12,17H,3H2,1-2H3. The van der Waals surface area contributed by atoms with Crippen molar-refractivity contribution in [1.29, 1.82) is 0 Å². The molecular weight excluding hydrogens is 272 g/mol. The van der Waals surface area contributed by atoms with Gasteiger partial charge in [0.2, 0.25) is 0 Å². The Morgan fingerprint density at radius 1 is 1.37 bits per heavy atom. The van der Waals surface area contributed by atoms with E-state index in [1.165, 1.54) is 0 Å². The average molecular weight is 286 g/mol. The van der Waals surface area contributed by atoms with E-state index in [1.807, 2.05) is 6.92 Å². The van der Waals surface area contributed by atoms with E-state index >= 15 is 0 Å². The van der Waals surface area contributed by atoms with Gasteiger partial charge in [-0.3, -0.25) is 0 Å². The minimum Gasteiger partial charge on any atom is -0.336 e. The number of hydrogen-bond acceptors (Lipinski definition) is 2. The Hall–Kier alpha value is -1.46. The molecule has 0 aliphatic heterocycles. The van der Waals surface area contributed by atoms with Crippen molar-refractivity contribution >= 4 is 11.6 Å². The van der Waals surface area contributed by atoms with Crippen LogP contribution in [-0.2, 0) is 7.05 Å². The van der Waals surface area contributed by atoms with Crippen molar-refractivity contribution in [1.82, 2.24) is 14.9 Å². The molecule has 1 N–H and O–H groups in total. The molecule has 0 spiro atoms. The monoisotopic (exact) mass is 285 g/mol. The molecule has 0 saturated carbocycles. The predicted octanol–water partition coefficient (Wildman–Crippen LogP) is 3.05. The first-order valence-corrected chi connectivity index (χ1v) is 6.27. The van der Waals surface area contributed by atoms with Crippen LogP contribution in [0.3, 0.4) is 0 Å². The van der Waals surface area contributed by atoms with Crippen molar-refractivity contribution in [3.63, 3.8) is 0 Å². The zero-order chi connectivity index (χ0) is 14.0. The zero-order valence-corrected chi connectivity index (χ0v) is 11.4. The minimum atomic E-state index is -0.643. The van der Waals surface area contributed by atoms with Gasteiger partial charge >= 0.3 is 0 Å². The number of hydrogen-bond donors (Lipinski definition) is 1. The number of aromatic nitrogens is 2. The summed E-state index contributed by atoms with van der Waals surface area (Å²) in [5.41, 5.74) is 0.193. The summed E-state index contributed by atoms with van der Waals surface area (Å²) in [7, 11) is 1.80. The van der Waals surface area contributed by atoms with Crippen molar-refractivity contribution in [3.05, 3.63) is 52.6 Å². The lowest BCUT2D eigenvalue weighted by molar-refractivity contribution is 0.522. The highest BCUT2D eigenvalue weighted by atomic mass is 35.5. The van der Waals surface area contributed by atoms with Gasteiger partial charge in [0.05, 0.1) is 11.1 Å². The molecule has 6 heteroatoms. The van der Waals surface area contributed by atoms with Crippen LogP contribution in [0.15, 0.2) is 24.5 Å². The molecule has 0 aliphatic carbocycles. The molecule has 1 unspecified atom stereocenters. The minimum absolute atomic E-state index is 0.193. The van der Waals surface area contributed by atoms with Crippen molar-refractivity contribution in [2.45, 2.75) is 13.0 Å². The Labute approximate surface area is 115 Å². The molecule has 2 aromatic rings. The molecule has 0 bridgehead atoms. The van der Waals surface area contributed by atoms with Gasteiger partial charge in [0.15, 0.2) is 0 Å². The van der Waals surface area contributed by atoms with Gasteiger partial charge in [0.25, 0.3) is 0 Å². The molecule has 0 fully saturated rings. The Balaban J connectivity index is 2.51. The number of benzene rings is 1. The third-order valence-corrected chi connectivity index (χ3v) is 3.17. The Bertz CT molecular complexity index is 583. The average Bonchev–Trinajstić information content (AvgIpc) is 2.77. The van der Waals surface area contributed by atoms with Crippen LogP contribution in [0.2, 0.25) is 5.02 Å². The van der Waals surface area contributed by atoms with Gasteiger partial charge in [-0.1, -0.05) is 18.5 Å². The van der Waals surface area contributed by atoms with Gasteiger partial charge < -0.3 is 9.88 Å². The maximum Gasteiger partial charge on any atom is 0.142 e. The number of halogens is 3. The second-order valence-corrected chi connectivity index (χ2v) is 4.58. The highest BCUT2D eigenvalue weighted by molar-refractivity contribution is 6.30. The number of aryl methyl sites for hydroxylation is 1. The predicted molar refractivity (Wildman–Crippen MR) is 70.1 cm³/mol. The van der Waals surface area contributed by atoms with Gasteiger partial charge in [0.1, 0.15) is 17.5 Å². The van der Waals surface area contributed by atoms with Gasteiger partial charge in [-0.15, -0.1) is 0 Å². The van der Waals surface area contributed by atoms with E-state index in [0.29, 0.717) is 12.4 Å². The van der Waals surface area contributed by atoms with Crippen molar-refractivity contribution in [2.75, 3.05) is 6.54 Å². The molecule has 102 valence electrons. The van der Waals surface area contributed by atoms with Crippen LogP contribution in [0.5, 0.6) is 0 Å². The van der Waals surface area contributed by atoms with Crippen molar-refractivity contribution < 1.29 is 8.78 Å². The largest absolute Gasteiger partial charge is 0.336 e. The number of rotatable bonds is 4. The number of nitrogens with one attached hydrogen (secondary N) is 1. The summed E-state index contributed by atoms with van der Waals surface area (Å²) >= 11 is 5.57. The van der Waals surface area contributed by atoms with Crippen molar-refractivity contribution in [3.8, 4) is 0 Å². The lowest BCUT2D eigenvalue weighted by Crippen LogP contribution is -2.25. The van der Waals surface area contributed by atoms with Crippen molar-refractivity contribution in [2.24, 2.45) is 7.05 Å². The van der Waals surface area contributed by atoms with E-state index in [4.69, 9.17) is 11.6 Å². The first-order valence-electron chi connectivity index (χ1n) is 5.89. The van der Waals surface area contributed by atoms with Crippen LogP contribution in [0.4, 0.5) is 8.78 Å². The molecule has 1 atom stereocenters. The fourth-order valence-electron chi connectivity index (χ4n) is 1.96. The first-order chi connectivity index (χ1) is 9.04. The number of imidazole rings is 1. The highest BCUT2D eigenvalue weighted by Gasteiger charge is 2.22. The lowest BCUT2D eigenvalue weighted by Gasteiger charge is -2.19. The molecule has 1 aromatic carbocycles. The summed E-state index contributed by atoms with van der Waals surface area (Å²) in [6, 6.07) is 1.58. The molecule has 0 aliphatic rings. The summed E-state index contributed by atoms with van der Waals surface area (Å²) in [4.78, 5) is 4.18. The van der Waals surface area contributed by atoms with Crippen LogP contribution < -0.4 is 5.32 Å². The van der Waals surface area contributed by atoms with E-state index in [2.05, 4.69) is 10.3 Å². The smallest absolute Gasteiger partial charge is 0.142 e. The maximum absolute atomic E-state index is 14.0. The summed E-state index contributed by atoms with van der Waals surface area (Å²) < 4.78 is 29.3. The highest BCUT2D eigenvalue weighted by Crippen LogP contribution is 2.27. The molecule has 19 heavy (non-hydrogen) atoms. The fraction of sp³-hybridized carbons (Fsp3) is 0.308. The molecule has 1 heterocycles. The molecular formula is C13H14ClF2N3. The summed E-state index contributed by atoms with van der Waals surface area (Å²) in [6.45, 7) is 2.49. The zero-order valence-electron chi connectivity index (χ0n) is 10.6. The quantitative estimate of drug-likeness (QED) is 0.875. The van der Waals surface area contributed by atoms with E-state index in [0.717, 1.165) is 12.1 Å². The third kappa shape index (κ3) is 2.77. The Kier molecular flexibility index (Phi) is 4.17. The van der Waals surface area contributed by atoms with E-state index in [-0.39, 0.29) is 10.6 Å². The van der Waals surface area contributed by atoms with Crippen LogP contribution in [-0.4, -0.2) is 16.1 Å². The van der Waals surface area contributed by atoms with Gasteiger partial charge in [-0.2, -0.15) is 0 Å². The van der Waals surface area contributed by atoms with Crippen LogP contribution >= 0.6 is 11.6 Å². The van der Waals surface area contributed by atoms with E-state index < -0.39 is 17.7 Å². The Morgan fingerprint density at radius 2 is 2.11 bits per heavy atom. The molecule has 3 nitrogen and oxygen atoms in total. The van der Waals surface area contributed by atoms with Gasteiger partial charge in [-0.05, 0) is 18.7 Å². The second kappa shape index (κ2) is 5.67. The lowest BCUT2D eigenvalue weighted by atomic mass is 10.0. The van der Waals surface area contributed by atoms with Gasteiger partial charge in [-0.25, -0.2) is 13.8 Å². The normalized spacial score (nSPS) is 12.7. The molecule has 0 radical (unpaired) electrons. The maximum atomic E-state index is 14.0. The molecule has 1 aromatic heterocycles. The molecule has 0 amide bonds. The summed E-state index contributed by atoms with van der Waals surface area (Å²) in [6.07, 6.45) is 3.37. The third-order valence-electron chi connectivity index (χ3n) is 2.88. The van der Waals surface area contributed by atoms with E-state index in [9.17, 15) is 8.78 Å². The molecule has 0 saturated heterocycles. The Morgan fingerprint density at radius 3 is 2.68 bits per heavy atom. The molecule has 2 rings (SSSR count). The number of nitrogens with zero attached hydrogens (tertiary/aromatic N) is 2. The van der Waals surface area contributed by atoms with E-state index in [1.54, 1.807) is 24.0 Å². The van der Waals surface area contributed by atoms with Crippen LogP contribution in [0.1, 0.15) is 24.4 Å². The summed E-state index contributed by atoms with van der Waals surface area (Å²) in [5, 5.41) is 2.87. The first kappa shape index (κ1) is 14.0. The van der Waals surface area contributed by atoms with Gasteiger partial charge in [0, 0.05) is 25.0 Å². The SMILES string of the molecule is CCNC(c1cc(F)c(Cl)cc1F)c1nccn1C. The van der Waals surface area contributed by atoms with Crippen LogP contribution in [0, 0.1) is 11.6 Å².